The highest BCUT2D eigenvalue weighted by atomic mass is 16.5. The van der Waals surface area contributed by atoms with Crippen molar-refractivity contribution < 1.29 is 9.53 Å². The number of nitrogens with one attached hydrogen (secondary N) is 2. The maximum atomic E-state index is 12.3. The van der Waals surface area contributed by atoms with Gasteiger partial charge in [0.1, 0.15) is 11.6 Å². The number of hydrogen-bond acceptors (Lipinski definition) is 5. The second-order valence-electron chi connectivity index (χ2n) is 8.79. The van der Waals surface area contributed by atoms with Crippen LogP contribution in [0.25, 0.3) is 0 Å². The SMILES string of the molecule is COc1cccc(N2CCC(CNC(=O)NCc3ccc(N4CCCCCC4)nc3)C2)c1. The van der Waals surface area contributed by atoms with Crippen molar-refractivity contribution in [3.05, 3.63) is 48.2 Å². The minimum absolute atomic E-state index is 0.124. The first-order chi connectivity index (χ1) is 15.7. The van der Waals surface area contributed by atoms with Gasteiger partial charge in [-0.25, -0.2) is 9.78 Å². The molecule has 32 heavy (non-hydrogen) atoms. The molecule has 2 amide bonds. The summed E-state index contributed by atoms with van der Waals surface area (Å²) in [5, 5.41) is 5.99. The van der Waals surface area contributed by atoms with Gasteiger partial charge in [0.15, 0.2) is 0 Å². The number of pyridine rings is 1. The number of anilines is 2. The Morgan fingerprint density at radius 3 is 2.66 bits per heavy atom. The fourth-order valence-corrected chi connectivity index (χ4v) is 4.53. The van der Waals surface area contributed by atoms with Gasteiger partial charge in [-0.3, -0.25) is 0 Å². The summed E-state index contributed by atoms with van der Waals surface area (Å²) in [5.74, 6) is 2.36. The summed E-state index contributed by atoms with van der Waals surface area (Å²) >= 11 is 0. The first kappa shape index (κ1) is 22.2. The molecule has 7 nitrogen and oxygen atoms in total. The highest BCUT2D eigenvalue weighted by Crippen LogP contribution is 2.26. The third-order valence-corrected chi connectivity index (χ3v) is 6.45. The maximum absolute atomic E-state index is 12.3. The second kappa shape index (κ2) is 11.1. The van der Waals surface area contributed by atoms with Crippen molar-refractivity contribution in [1.82, 2.24) is 15.6 Å². The van der Waals surface area contributed by atoms with Crippen molar-refractivity contribution in [1.29, 1.82) is 0 Å². The van der Waals surface area contributed by atoms with Crippen LogP contribution in [0.15, 0.2) is 42.6 Å². The lowest BCUT2D eigenvalue weighted by Gasteiger charge is -2.21. The van der Waals surface area contributed by atoms with Crippen molar-refractivity contribution in [2.75, 3.05) is 49.6 Å². The molecule has 1 aromatic carbocycles. The molecule has 2 fully saturated rings. The van der Waals surface area contributed by atoms with Crippen LogP contribution in [0.5, 0.6) is 5.75 Å². The highest BCUT2D eigenvalue weighted by Gasteiger charge is 2.23. The minimum Gasteiger partial charge on any atom is -0.497 e. The Balaban J connectivity index is 1.18. The predicted octanol–water partition coefficient (Wildman–Crippen LogP) is 3.80. The third-order valence-electron chi connectivity index (χ3n) is 6.45. The number of benzene rings is 1. The number of carbonyl (C=O) groups excluding carboxylic acids is 1. The molecule has 2 aliphatic rings. The molecule has 0 spiro atoms. The molecule has 1 atom stereocenters. The van der Waals surface area contributed by atoms with Gasteiger partial charge in [-0.2, -0.15) is 0 Å². The van der Waals surface area contributed by atoms with Crippen molar-refractivity contribution in [2.24, 2.45) is 5.92 Å². The summed E-state index contributed by atoms with van der Waals surface area (Å²) in [4.78, 5) is 21.6. The molecule has 2 aliphatic heterocycles. The van der Waals surface area contributed by atoms with Crippen LogP contribution in [0.4, 0.5) is 16.3 Å². The largest absolute Gasteiger partial charge is 0.497 e. The molecule has 2 saturated heterocycles. The number of rotatable bonds is 7. The van der Waals surface area contributed by atoms with Gasteiger partial charge in [0.05, 0.1) is 7.11 Å². The number of urea groups is 1. The Bertz CT molecular complexity index is 865. The van der Waals surface area contributed by atoms with Crippen molar-refractivity contribution in [2.45, 2.75) is 38.6 Å². The summed E-state index contributed by atoms with van der Waals surface area (Å²) in [5.41, 5.74) is 2.19. The lowest BCUT2D eigenvalue weighted by molar-refractivity contribution is 0.239. The van der Waals surface area contributed by atoms with Crippen LogP contribution in [0.3, 0.4) is 0 Å². The zero-order chi connectivity index (χ0) is 22.2. The van der Waals surface area contributed by atoms with Crippen molar-refractivity contribution >= 4 is 17.5 Å². The molecule has 172 valence electrons. The Labute approximate surface area is 191 Å². The Kier molecular flexibility index (Phi) is 7.69. The molecule has 0 saturated carbocycles. The molecular weight excluding hydrogens is 402 g/mol. The third kappa shape index (κ3) is 6.05. The predicted molar refractivity (Wildman–Crippen MR) is 128 cm³/mol. The van der Waals surface area contributed by atoms with Crippen LogP contribution < -0.4 is 25.2 Å². The highest BCUT2D eigenvalue weighted by molar-refractivity contribution is 5.73. The van der Waals surface area contributed by atoms with Crippen molar-refractivity contribution in [3.8, 4) is 5.75 Å². The molecule has 1 aromatic heterocycles. The second-order valence-corrected chi connectivity index (χ2v) is 8.79. The molecule has 0 radical (unpaired) electrons. The lowest BCUT2D eigenvalue weighted by Crippen LogP contribution is -2.38. The average Bonchev–Trinajstić information content (AvgIpc) is 3.15. The van der Waals surface area contributed by atoms with E-state index in [9.17, 15) is 4.79 Å². The fourth-order valence-electron chi connectivity index (χ4n) is 4.53. The first-order valence-electron chi connectivity index (χ1n) is 11.8. The van der Waals surface area contributed by atoms with E-state index in [0.29, 0.717) is 19.0 Å². The van der Waals surface area contributed by atoms with Crippen LogP contribution >= 0.6 is 0 Å². The van der Waals surface area contributed by atoms with E-state index in [2.05, 4.69) is 49.7 Å². The van der Waals surface area contributed by atoms with Crippen LogP contribution in [-0.2, 0) is 6.54 Å². The quantitative estimate of drug-likeness (QED) is 0.690. The van der Waals surface area contributed by atoms with E-state index in [4.69, 9.17) is 4.74 Å². The minimum atomic E-state index is -0.124. The van der Waals surface area contributed by atoms with Crippen LogP contribution in [0, 0.1) is 5.92 Å². The summed E-state index contributed by atoms with van der Waals surface area (Å²) in [6, 6.07) is 12.2. The fraction of sp³-hybridized carbons (Fsp3) is 0.520. The summed E-state index contributed by atoms with van der Waals surface area (Å²) in [6.07, 6.45) is 8.05. The number of ether oxygens (including phenoxy) is 1. The Morgan fingerprint density at radius 1 is 1.06 bits per heavy atom. The molecule has 2 N–H and O–H groups in total. The van der Waals surface area contributed by atoms with E-state index in [1.165, 1.54) is 31.4 Å². The summed E-state index contributed by atoms with van der Waals surface area (Å²) in [6.45, 7) is 5.27. The number of methoxy groups -OCH3 is 1. The van der Waals surface area contributed by atoms with E-state index in [1.54, 1.807) is 7.11 Å². The molecule has 7 heteroatoms. The Hall–Kier alpha value is -2.96. The molecule has 2 aromatic rings. The summed E-state index contributed by atoms with van der Waals surface area (Å²) < 4.78 is 5.33. The van der Waals surface area contributed by atoms with E-state index < -0.39 is 0 Å². The number of nitrogens with zero attached hydrogens (tertiary/aromatic N) is 3. The van der Waals surface area contributed by atoms with E-state index >= 15 is 0 Å². The van der Waals surface area contributed by atoms with Crippen molar-refractivity contribution in [3.63, 3.8) is 0 Å². The number of carbonyl (C=O) groups is 1. The van der Waals surface area contributed by atoms with Gasteiger partial charge in [0, 0.05) is 57.2 Å². The molecule has 4 rings (SSSR count). The molecular formula is C25H35N5O2. The first-order valence-corrected chi connectivity index (χ1v) is 11.8. The van der Waals surface area contributed by atoms with Gasteiger partial charge >= 0.3 is 6.03 Å². The zero-order valence-corrected chi connectivity index (χ0v) is 19.1. The number of amides is 2. The topological polar surface area (TPSA) is 69.7 Å². The molecule has 0 aliphatic carbocycles. The normalized spacial score (nSPS) is 18.8. The lowest BCUT2D eigenvalue weighted by atomic mass is 10.1. The van der Waals surface area contributed by atoms with Gasteiger partial charge in [-0.1, -0.05) is 25.0 Å². The van der Waals surface area contributed by atoms with E-state index in [0.717, 1.165) is 49.7 Å². The van der Waals surface area contributed by atoms with Gasteiger partial charge in [-0.05, 0) is 48.9 Å². The maximum Gasteiger partial charge on any atom is 0.315 e. The summed E-state index contributed by atoms with van der Waals surface area (Å²) in [7, 11) is 1.69. The molecule has 3 heterocycles. The van der Waals surface area contributed by atoms with E-state index in [1.807, 2.05) is 18.3 Å². The van der Waals surface area contributed by atoms with Gasteiger partial charge < -0.3 is 25.2 Å². The standard InChI is InChI=1S/C25H35N5O2/c1-32-23-8-6-7-22(15-23)30-14-11-21(19-30)18-28-25(31)27-17-20-9-10-24(26-16-20)29-12-4-2-3-5-13-29/h6-10,15-16,21H,2-5,11-14,17-19H2,1H3,(H2,27,28,31). The molecule has 1 unspecified atom stereocenters. The monoisotopic (exact) mass is 437 g/mol. The van der Waals surface area contributed by atoms with Crippen LogP contribution in [-0.4, -0.2) is 50.8 Å². The van der Waals surface area contributed by atoms with Crippen LogP contribution in [0.1, 0.15) is 37.7 Å². The number of aromatic nitrogens is 1. The van der Waals surface area contributed by atoms with Gasteiger partial charge in [-0.15, -0.1) is 0 Å². The van der Waals surface area contributed by atoms with Gasteiger partial charge in [0.2, 0.25) is 0 Å². The average molecular weight is 438 g/mol. The smallest absolute Gasteiger partial charge is 0.315 e. The zero-order valence-electron chi connectivity index (χ0n) is 19.1. The van der Waals surface area contributed by atoms with Gasteiger partial charge in [0.25, 0.3) is 0 Å². The number of hydrogen-bond donors (Lipinski definition) is 2. The molecule has 0 bridgehead atoms. The Morgan fingerprint density at radius 2 is 1.91 bits per heavy atom. The van der Waals surface area contributed by atoms with Crippen LogP contribution in [0.2, 0.25) is 0 Å². The van der Waals surface area contributed by atoms with E-state index in [-0.39, 0.29) is 6.03 Å².